The van der Waals surface area contributed by atoms with Crippen molar-refractivity contribution < 1.29 is 4.48 Å². The summed E-state index contributed by atoms with van der Waals surface area (Å²) in [5, 5.41) is 0.757. The molecule has 0 unspecified atom stereocenters. The van der Waals surface area contributed by atoms with Gasteiger partial charge >= 0.3 is 0 Å². The van der Waals surface area contributed by atoms with E-state index in [9.17, 15) is 0 Å². The second-order valence-corrected chi connectivity index (χ2v) is 4.41. The van der Waals surface area contributed by atoms with E-state index >= 15 is 0 Å². The summed E-state index contributed by atoms with van der Waals surface area (Å²) in [6.45, 7) is 4.05. The number of rotatable bonds is 2. The van der Waals surface area contributed by atoms with Crippen molar-refractivity contribution in [3.05, 3.63) is 41.4 Å². The zero-order valence-corrected chi connectivity index (χ0v) is 9.10. The number of nitrogens with zero attached hydrogens (tertiary/aromatic N) is 1. The van der Waals surface area contributed by atoms with Gasteiger partial charge in [-0.25, -0.2) is 0 Å². The van der Waals surface area contributed by atoms with Crippen LogP contribution < -0.4 is 0 Å². The van der Waals surface area contributed by atoms with Crippen LogP contribution in [-0.2, 0) is 0 Å². The van der Waals surface area contributed by atoms with Crippen LogP contribution in [0.1, 0.15) is 5.56 Å². The maximum Gasteiger partial charge on any atom is 0.132 e. The van der Waals surface area contributed by atoms with Crippen molar-refractivity contribution >= 4 is 17.3 Å². The summed E-state index contributed by atoms with van der Waals surface area (Å²) in [6, 6.07) is 7.78. The first kappa shape index (κ1) is 10.3. The van der Waals surface area contributed by atoms with Gasteiger partial charge in [-0.2, -0.15) is 0 Å². The molecule has 0 fully saturated rings. The van der Waals surface area contributed by atoms with E-state index in [2.05, 4.69) is 27.7 Å². The van der Waals surface area contributed by atoms with E-state index in [1.165, 1.54) is 0 Å². The molecule has 1 nitrogen and oxygen atoms in total. The van der Waals surface area contributed by atoms with Crippen molar-refractivity contribution in [2.75, 3.05) is 21.1 Å². The standard InChI is InChI=1S/C11H15ClN/c1-9(13(2,3)4)10-6-5-7-11(12)8-10/h5-8H,1H2,2-4H3/q+1. The van der Waals surface area contributed by atoms with Crippen LogP contribution in [0.2, 0.25) is 5.02 Å². The van der Waals surface area contributed by atoms with E-state index in [1.807, 2.05) is 24.3 Å². The third-order valence-corrected chi connectivity index (χ3v) is 2.20. The van der Waals surface area contributed by atoms with E-state index in [0.717, 1.165) is 20.8 Å². The van der Waals surface area contributed by atoms with Crippen molar-refractivity contribution in [2.24, 2.45) is 0 Å². The van der Waals surface area contributed by atoms with Gasteiger partial charge in [0.25, 0.3) is 0 Å². The maximum absolute atomic E-state index is 5.89. The Balaban J connectivity index is 3.03. The first-order valence-corrected chi connectivity index (χ1v) is 4.56. The zero-order chi connectivity index (χ0) is 10.1. The van der Waals surface area contributed by atoms with E-state index in [1.54, 1.807) is 0 Å². The molecule has 0 bridgehead atoms. The van der Waals surface area contributed by atoms with Crippen LogP contribution in [0.3, 0.4) is 0 Å². The first-order chi connectivity index (χ1) is 5.91. The molecule has 0 aromatic heterocycles. The third-order valence-electron chi connectivity index (χ3n) is 1.97. The lowest BCUT2D eigenvalue weighted by Crippen LogP contribution is -2.31. The maximum atomic E-state index is 5.89. The molecule has 2 heteroatoms. The predicted molar refractivity (Wildman–Crippen MR) is 58.5 cm³/mol. The molecule has 70 valence electrons. The van der Waals surface area contributed by atoms with E-state index in [-0.39, 0.29) is 0 Å². The zero-order valence-electron chi connectivity index (χ0n) is 8.34. The van der Waals surface area contributed by atoms with Crippen molar-refractivity contribution in [1.29, 1.82) is 0 Å². The Morgan fingerprint density at radius 3 is 2.38 bits per heavy atom. The molecule has 1 aromatic carbocycles. The van der Waals surface area contributed by atoms with Crippen LogP contribution in [-0.4, -0.2) is 25.6 Å². The van der Waals surface area contributed by atoms with Crippen LogP contribution in [0.5, 0.6) is 0 Å². The van der Waals surface area contributed by atoms with Crippen molar-refractivity contribution in [3.8, 4) is 0 Å². The lowest BCUT2D eigenvalue weighted by atomic mass is 10.1. The molecule has 0 aliphatic carbocycles. The molecule has 13 heavy (non-hydrogen) atoms. The molecule has 0 amide bonds. The second kappa shape index (κ2) is 3.52. The minimum Gasteiger partial charge on any atom is -0.298 e. The lowest BCUT2D eigenvalue weighted by molar-refractivity contribution is -0.795. The minimum absolute atomic E-state index is 0.723. The fourth-order valence-electron chi connectivity index (χ4n) is 1.06. The van der Waals surface area contributed by atoms with Crippen LogP contribution in [0.15, 0.2) is 30.8 Å². The Labute approximate surface area is 84.8 Å². The molecule has 0 aliphatic heterocycles. The summed E-state index contributed by atoms with van der Waals surface area (Å²) in [5.74, 6) is 0. The van der Waals surface area contributed by atoms with Gasteiger partial charge in [0.2, 0.25) is 0 Å². The number of quaternary nitrogens is 1. The fourth-order valence-corrected chi connectivity index (χ4v) is 1.25. The van der Waals surface area contributed by atoms with Gasteiger partial charge in [0, 0.05) is 10.6 Å². The summed E-state index contributed by atoms with van der Waals surface area (Å²) in [4.78, 5) is 0. The highest BCUT2D eigenvalue weighted by atomic mass is 35.5. The molecule has 0 saturated carbocycles. The predicted octanol–water partition coefficient (Wildman–Crippen LogP) is 3.02. The van der Waals surface area contributed by atoms with Crippen molar-refractivity contribution in [1.82, 2.24) is 0 Å². The average molecular weight is 197 g/mol. The van der Waals surface area contributed by atoms with Gasteiger partial charge in [-0.05, 0) is 24.8 Å². The first-order valence-electron chi connectivity index (χ1n) is 4.18. The second-order valence-electron chi connectivity index (χ2n) is 3.97. The number of hydrogen-bond donors (Lipinski definition) is 0. The Morgan fingerprint density at radius 1 is 1.31 bits per heavy atom. The summed E-state index contributed by atoms with van der Waals surface area (Å²) < 4.78 is 0.723. The van der Waals surface area contributed by atoms with Crippen molar-refractivity contribution in [3.63, 3.8) is 0 Å². The topological polar surface area (TPSA) is 0 Å². The highest BCUT2D eigenvalue weighted by Crippen LogP contribution is 2.22. The highest BCUT2D eigenvalue weighted by Gasteiger charge is 2.15. The van der Waals surface area contributed by atoms with E-state index in [4.69, 9.17) is 11.6 Å². The molecule has 0 spiro atoms. The minimum atomic E-state index is 0.723. The molecular formula is C11H15ClN+. The highest BCUT2D eigenvalue weighted by molar-refractivity contribution is 6.30. The van der Waals surface area contributed by atoms with Gasteiger partial charge in [-0.3, -0.25) is 4.48 Å². The smallest absolute Gasteiger partial charge is 0.132 e. The molecule has 0 saturated heterocycles. The Morgan fingerprint density at radius 2 is 1.92 bits per heavy atom. The molecular weight excluding hydrogens is 182 g/mol. The molecule has 1 aromatic rings. The average Bonchev–Trinajstić information content (AvgIpc) is 2.01. The summed E-state index contributed by atoms with van der Waals surface area (Å²) in [5.41, 5.74) is 2.16. The van der Waals surface area contributed by atoms with Gasteiger partial charge in [-0.15, -0.1) is 0 Å². The molecule has 0 heterocycles. The third kappa shape index (κ3) is 2.58. The van der Waals surface area contributed by atoms with E-state index in [0.29, 0.717) is 0 Å². The Hall–Kier alpha value is -0.790. The van der Waals surface area contributed by atoms with E-state index < -0.39 is 0 Å². The van der Waals surface area contributed by atoms with Crippen LogP contribution in [0, 0.1) is 0 Å². The van der Waals surface area contributed by atoms with Gasteiger partial charge in [0.1, 0.15) is 5.70 Å². The summed E-state index contributed by atoms with van der Waals surface area (Å²) >= 11 is 5.89. The van der Waals surface area contributed by atoms with Crippen LogP contribution in [0.25, 0.3) is 5.70 Å². The van der Waals surface area contributed by atoms with Gasteiger partial charge in [-0.1, -0.05) is 17.7 Å². The van der Waals surface area contributed by atoms with Crippen LogP contribution in [0.4, 0.5) is 0 Å². The quantitative estimate of drug-likeness (QED) is 0.638. The normalized spacial score (nSPS) is 11.4. The molecule has 1 rings (SSSR count). The lowest BCUT2D eigenvalue weighted by Gasteiger charge is -2.25. The largest absolute Gasteiger partial charge is 0.298 e. The summed E-state index contributed by atoms with van der Waals surface area (Å²) in [7, 11) is 6.26. The SMILES string of the molecule is C=C(c1cccc(Cl)c1)[N+](C)(C)C. The fraction of sp³-hybridized carbons (Fsp3) is 0.273. The Bertz CT molecular complexity index is 323. The Kier molecular flexibility index (Phi) is 2.79. The van der Waals surface area contributed by atoms with Crippen LogP contribution >= 0.6 is 11.6 Å². The monoisotopic (exact) mass is 196 g/mol. The molecule has 0 aliphatic rings. The number of hydrogen-bond acceptors (Lipinski definition) is 0. The number of halogens is 1. The summed E-state index contributed by atoms with van der Waals surface area (Å²) in [6.07, 6.45) is 0. The van der Waals surface area contributed by atoms with Gasteiger partial charge in [0.05, 0.1) is 21.1 Å². The van der Waals surface area contributed by atoms with Crippen molar-refractivity contribution in [2.45, 2.75) is 0 Å². The number of benzene rings is 1. The molecule has 0 N–H and O–H groups in total. The molecule has 0 radical (unpaired) electrons. The molecule has 0 atom stereocenters. The van der Waals surface area contributed by atoms with Gasteiger partial charge < -0.3 is 0 Å². The van der Waals surface area contributed by atoms with Gasteiger partial charge in [0.15, 0.2) is 0 Å².